The van der Waals surface area contributed by atoms with Gasteiger partial charge in [-0.15, -0.1) is 0 Å². The summed E-state index contributed by atoms with van der Waals surface area (Å²) >= 11 is 0. The molecule has 4 nitrogen and oxygen atoms in total. The predicted octanol–water partition coefficient (Wildman–Crippen LogP) is 2.20. The molecule has 0 bridgehead atoms. The van der Waals surface area contributed by atoms with Crippen molar-refractivity contribution >= 4 is 0 Å². The Labute approximate surface area is 106 Å². The van der Waals surface area contributed by atoms with Gasteiger partial charge in [0.05, 0.1) is 6.54 Å². The van der Waals surface area contributed by atoms with Crippen LogP contribution in [0.2, 0.25) is 0 Å². The topological polar surface area (TPSA) is 42.7 Å². The third-order valence-electron chi connectivity index (χ3n) is 2.84. The molecule has 0 aliphatic carbocycles. The molecule has 1 unspecified atom stereocenters. The van der Waals surface area contributed by atoms with Gasteiger partial charge < -0.3 is 5.32 Å². The van der Waals surface area contributed by atoms with Crippen LogP contribution in [-0.2, 0) is 13.6 Å². The number of hydrogen-bond donors (Lipinski definition) is 1. The van der Waals surface area contributed by atoms with E-state index in [0.29, 0.717) is 17.9 Å². The normalized spacial score (nSPS) is 12.6. The van der Waals surface area contributed by atoms with Crippen molar-refractivity contribution in [3.05, 3.63) is 47.8 Å². The highest BCUT2D eigenvalue weighted by Gasteiger charge is 2.13. The predicted molar refractivity (Wildman–Crippen MR) is 67.3 cm³/mol. The lowest BCUT2D eigenvalue weighted by Crippen LogP contribution is -2.22. The standard InChI is InChI=1S/C13H17FN4/c1-3-12(10-6-4-5-7-11(10)14)15-8-13-16-9-18(2)17-13/h4-7,9,12,15H,3,8H2,1-2H3. The van der Waals surface area contributed by atoms with Crippen molar-refractivity contribution in [1.82, 2.24) is 20.1 Å². The highest BCUT2D eigenvalue weighted by molar-refractivity contribution is 5.21. The summed E-state index contributed by atoms with van der Waals surface area (Å²) in [7, 11) is 1.82. The Hall–Kier alpha value is -1.75. The minimum atomic E-state index is -0.175. The Bertz CT molecular complexity index is 509. The molecular formula is C13H17FN4. The molecular weight excluding hydrogens is 231 g/mol. The Kier molecular flexibility index (Phi) is 4.04. The van der Waals surface area contributed by atoms with Crippen LogP contribution in [0.1, 0.15) is 30.8 Å². The molecule has 0 saturated heterocycles. The van der Waals surface area contributed by atoms with Crippen molar-refractivity contribution in [2.24, 2.45) is 7.05 Å². The lowest BCUT2D eigenvalue weighted by molar-refractivity contribution is 0.480. The number of halogens is 1. The van der Waals surface area contributed by atoms with E-state index < -0.39 is 0 Å². The van der Waals surface area contributed by atoms with E-state index in [-0.39, 0.29) is 11.9 Å². The molecule has 0 radical (unpaired) electrons. The van der Waals surface area contributed by atoms with Gasteiger partial charge in [0.2, 0.25) is 0 Å². The second kappa shape index (κ2) is 5.73. The van der Waals surface area contributed by atoms with Crippen LogP contribution in [0.25, 0.3) is 0 Å². The maximum atomic E-state index is 13.7. The summed E-state index contributed by atoms with van der Waals surface area (Å²) in [6.07, 6.45) is 2.47. The van der Waals surface area contributed by atoms with Crippen LogP contribution in [0.5, 0.6) is 0 Å². The number of nitrogens with one attached hydrogen (secondary N) is 1. The first-order chi connectivity index (χ1) is 8.70. The fourth-order valence-corrected chi connectivity index (χ4v) is 1.91. The Morgan fingerprint density at radius 3 is 2.78 bits per heavy atom. The van der Waals surface area contributed by atoms with Crippen LogP contribution in [0.4, 0.5) is 4.39 Å². The minimum Gasteiger partial charge on any atom is -0.303 e. The maximum Gasteiger partial charge on any atom is 0.164 e. The van der Waals surface area contributed by atoms with Gasteiger partial charge in [-0.05, 0) is 12.5 Å². The number of aryl methyl sites for hydroxylation is 1. The van der Waals surface area contributed by atoms with Crippen LogP contribution in [-0.4, -0.2) is 14.8 Å². The van der Waals surface area contributed by atoms with E-state index in [0.717, 1.165) is 6.42 Å². The van der Waals surface area contributed by atoms with Crippen molar-refractivity contribution in [2.45, 2.75) is 25.9 Å². The van der Waals surface area contributed by atoms with Gasteiger partial charge in [0, 0.05) is 18.7 Å². The second-order valence-electron chi connectivity index (χ2n) is 4.20. The Balaban J connectivity index is 2.04. The largest absolute Gasteiger partial charge is 0.303 e. The molecule has 0 fully saturated rings. The molecule has 1 aromatic heterocycles. The molecule has 18 heavy (non-hydrogen) atoms. The SMILES string of the molecule is CCC(NCc1ncn(C)n1)c1ccccc1F. The van der Waals surface area contributed by atoms with E-state index in [4.69, 9.17) is 0 Å². The number of aromatic nitrogens is 3. The number of hydrogen-bond acceptors (Lipinski definition) is 3. The molecule has 96 valence electrons. The van der Waals surface area contributed by atoms with Gasteiger partial charge >= 0.3 is 0 Å². The molecule has 0 aliphatic rings. The highest BCUT2D eigenvalue weighted by Crippen LogP contribution is 2.19. The minimum absolute atomic E-state index is 0.0185. The van der Waals surface area contributed by atoms with E-state index in [9.17, 15) is 4.39 Å². The van der Waals surface area contributed by atoms with Gasteiger partial charge in [-0.3, -0.25) is 4.68 Å². The van der Waals surface area contributed by atoms with Gasteiger partial charge in [0.25, 0.3) is 0 Å². The fraction of sp³-hybridized carbons (Fsp3) is 0.385. The molecule has 0 aliphatic heterocycles. The van der Waals surface area contributed by atoms with Crippen LogP contribution in [0, 0.1) is 5.82 Å². The molecule has 0 spiro atoms. The number of nitrogens with zero attached hydrogens (tertiary/aromatic N) is 3. The smallest absolute Gasteiger partial charge is 0.164 e. The first kappa shape index (κ1) is 12.7. The molecule has 1 N–H and O–H groups in total. The molecule has 2 rings (SSSR count). The van der Waals surface area contributed by atoms with Gasteiger partial charge in [-0.2, -0.15) is 5.10 Å². The van der Waals surface area contributed by atoms with E-state index >= 15 is 0 Å². The zero-order valence-electron chi connectivity index (χ0n) is 10.6. The van der Waals surface area contributed by atoms with Crippen molar-refractivity contribution in [3.8, 4) is 0 Å². The van der Waals surface area contributed by atoms with Crippen molar-refractivity contribution < 1.29 is 4.39 Å². The summed E-state index contributed by atoms with van der Waals surface area (Å²) < 4.78 is 15.3. The summed E-state index contributed by atoms with van der Waals surface area (Å²) in [4.78, 5) is 4.13. The average Bonchev–Trinajstić information content (AvgIpc) is 2.78. The molecule has 1 atom stereocenters. The van der Waals surface area contributed by atoms with E-state index in [1.807, 2.05) is 26.1 Å². The summed E-state index contributed by atoms with van der Waals surface area (Å²) in [6.45, 7) is 2.56. The summed E-state index contributed by atoms with van der Waals surface area (Å²) in [5.74, 6) is 0.540. The molecule has 0 amide bonds. The molecule has 1 heterocycles. The van der Waals surface area contributed by atoms with Crippen LogP contribution >= 0.6 is 0 Å². The van der Waals surface area contributed by atoms with Crippen LogP contribution < -0.4 is 5.32 Å². The second-order valence-corrected chi connectivity index (χ2v) is 4.20. The quantitative estimate of drug-likeness (QED) is 0.882. The molecule has 1 aromatic carbocycles. The zero-order chi connectivity index (χ0) is 13.0. The van der Waals surface area contributed by atoms with Crippen molar-refractivity contribution in [3.63, 3.8) is 0 Å². The molecule has 2 aromatic rings. The van der Waals surface area contributed by atoms with Gasteiger partial charge in [0.15, 0.2) is 5.82 Å². The lowest BCUT2D eigenvalue weighted by Gasteiger charge is -2.17. The van der Waals surface area contributed by atoms with Crippen molar-refractivity contribution in [2.75, 3.05) is 0 Å². The summed E-state index contributed by atoms with van der Waals surface area (Å²) in [6, 6.07) is 6.82. The first-order valence-electron chi connectivity index (χ1n) is 6.03. The van der Waals surface area contributed by atoms with Gasteiger partial charge in [0.1, 0.15) is 12.1 Å². The van der Waals surface area contributed by atoms with Crippen molar-refractivity contribution in [1.29, 1.82) is 0 Å². The lowest BCUT2D eigenvalue weighted by atomic mass is 10.0. The average molecular weight is 248 g/mol. The van der Waals surface area contributed by atoms with Crippen LogP contribution in [0.3, 0.4) is 0 Å². The number of rotatable bonds is 5. The van der Waals surface area contributed by atoms with E-state index in [1.165, 1.54) is 6.07 Å². The molecule has 5 heteroatoms. The monoisotopic (exact) mass is 248 g/mol. The summed E-state index contributed by atoms with van der Waals surface area (Å²) in [5.41, 5.74) is 0.691. The Morgan fingerprint density at radius 2 is 2.17 bits per heavy atom. The third-order valence-corrected chi connectivity index (χ3v) is 2.84. The van der Waals surface area contributed by atoms with Gasteiger partial charge in [-0.1, -0.05) is 25.1 Å². The van der Waals surface area contributed by atoms with Gasteiger partial charge in [-0.25, -0.2) is 9.37 Å². The Morgan fingerprint density at radius 1 is 1.39 bits per heavy atom. The summed E-state index contributed by atoms with van der Waals surface area (Å²) in [5, 5.41) is 7.46. The molecule has 0 saturated carbocycles. The maximum absolute atomic E-state index is 13.7. The van der Waals surface area contributed by atoms with Crippen LogP contribution in [0.15, 0.2) is 30.6 Å². The van der Waals surface area contributed by atoms with E-state index in [1.54, 1.807) is 17.1 Å². The first-order valence-corrected chi connectivity index (χ1v) is 6.03. The zero-order valence-corrected chi connectivity index (χ0v) is 10.6. The fourth-order valence-electron chi connectivity index (χ4n) is 1.91. The number of benzene rings is 1. The third kappa shape index (κ3) is 2.92. The van der Waals surface area contributed by atoms with E-state index in [2.05, 4.69) is 15.4 Å². The highest BCUT2D eigenvalue weighted by atomic mass is 19.1.